The van der Waals surface area contributed by atoms with Crippen molar-refractivity contribution in [1.29, 1.82) is 0 Å². The van der Waals surface area contributed by atoms with Crippen LogP contribution in [0.1, 0.15) is 40.5 Å². The molecule has 4 nitrogen and oxygen atoms in total. The first kappa shape index (κ1) is 14.5. The van der Waals surface area contributed by atoms with Crippen molar-refractivity contribution in [2.24, 2.45) is 11.8 Å². The molecule has 100 valence electrons. The van der Waals surface area contributed by atoms with Crippen LogP contribution in [0, 0.1) is 11.8 Å². The van der Waals surface area contributed by atoms with Crippen LogP contribution in [0.15, 0.2) is 0 Å². The molecule has 0 aromatic heterocycles. The van der Waals surface area contributed by atoms with Crippen molar-refractivity contribution < 1.29 is 14.6 Å². The Bertz CT molecular complexity index is 263. The van der Waals surface area contributed by atoms with Crippen LogP contribution in [-0.2, 0) is 9.53 Å². The highest BCUT2D eigenvalue weighted by molar-refractivity contribution is 5.79. The Morgan fingerprint density at radius 3 is 2.71 bits per heavy atom. The molecular formula is C13H25NO3. The Balaban J connectivity index is 2.37. The van der Waals surface area contributed by atoms with Gasteiger partial charge in [0.2, 0.25) is 5.91 Å². The van der Waals surface area contributed by atoms with E-state index >= 15 is 0 Å². The van der Waals surface area contributed by atoms with E-state index in [4.69, 9.17) is 4.74 Å². The topological polar surface area (TPSA) is 58.6 Å². The maximum atomic E-state index is 11.9. The van der Waals surface area contributed by atoms with Gasteiger partial charge in [-0.05, 0) is 32.6 Å². The van der Waals surface area contributed by atoms with E-state index in [1.807, 2.05) is 6.92 Å². The summed E-state index contributed by atoms with van der Waals surface area (Å²) in [7, 11) is 0. The van der Waals surface area contributed by atoms with Gasteiger partial charge in [-0.1, -0.05) is 13.8 Å². The van der Waals surface area contributed by atoms with Gasteiger partial charge in [0.15, 0.2) is 0 Å². The SMILES string of the molecule is CC(C)CC(C)(O)CNC(=O)C1CCOC1C. The third-order valence-electron chi connectivity index (χ3n) is 3.20. The summed E-state index contributed by atoms with van der Waals surface area (Å²) in [5, 5.41) is 12.9. The number of ether oxygens (including phenoxy) is 1. The summed E-state index contributed by atoms with van der Waals surface area (Å²) in [4.78, 5) is 11.9. The Hall–Kier alpha value is -0.610. The van der Waals surface area contributed by atoms with E-state index in [2.05, 4.69) is 19.2 Å². The van der Waals surface area contributed by atoms with E-state index in [-0.39, 0.29) is 17.9 Å². The van der Waals surface area contributed by atoms with Gasteiger partial charge in [0.1, 0.15) is 0 Å². The summed E-state index contributed by atoms with van der Waals surface area (Å²) in [6, 6.07) is 0. The molecule has 1 aliphatic rings. The highest BCUT2D eigenvalue weighted by Gasteiger charge is 2.32. The zero-order valence-corrected chi connectivity index (χ0v) is 11.3. The third-order valence-corrected chi connectivity index (χ3v) is 3.20. The molecule has 3 unspecified atom stereocenters. The van der Waals surface area contributed by atoms with Crippen LogP contribution in [0.2, 0.25) is 0 Å². The number of carbonyl (C=O) groups is 1. The average molecular weight is 243 g/mol. The van der Waals surface area contributed by atoms with Gasteiger partial charge >= 0.3 is 0 Å². The standard InChI is InChI=1S/C13H25NO3/c1-9(2)7-13(4,16)8-14-12(15)11-5-6-17-10(11)3/h9-11,16H,5-8H2,1-4H3,(H,14,15). The Morgan fingerprint density at radius 1 is 1.59 bits per heavy atom. The number of aliphatic hydroxyl groups is 1. The number of nitrogens with one attached hydrogen (secondary N) is 1. The van der Waals surface area contributed by atoms with Gasteiger partial charge in [0.25, 0.3) is 0 Å². The summed E-state index contributed by atoms with van der Waals surface area (Å²) in [5.41, 5.74) is -0.827. The Kier molecular flexibility index (Phi) is 4.95. The molecule has 17 heavy (non-hydrogen) atoms. The van der Waals surface area contributed by atoms with Crippen molar-refractivity contribution in [3.63, 3.8) is 0 Å². The largest absolute Gasteiger partial charge is 0.388 e. The molecule has 0 aromatic carbocycles. The van der Waals surface area contributed by atoms with Gasteiger partial charge in [-0.25, -0.2) is 0 Å². The number of hydrogen-bond donors (Lipinski definition) is 2. The maximum absolute atomic E-state index is 11.9. The first-order valence-corrected chi connectivity index (χ1v) is 6.43. The van der Waals surface area contributed by atoms with Crippen molar-refractivity contribution in [3.8, 4) is 0 Å². The van der Waals surface area contributed by atoms with Crippen LogP contribution in [0.25, 0.3) is 0 Å². The monoisotopic (exact) mass is 243 g/mol. The molecule has 0 radical (unpaired) electrons. The number of rotatable bonds is 5. The van der Waals surface area contributed by atoms with Crippen molar-refractivity contribution >= 4 is 5.91 Å². The second-order valence-electron chi connectivity index (χ2n) is 5.78. The van der Waals surface area contributed by atoms with Crippen molar-refractivity contribution in [2.45, 2.75) is 52.2 Å². The molecule has 1 amide bonds. The molecular weight excluding hydrogens is 218 g/mol. The number of hydrogen-bond acceptors (Lipinski definition) is 3. The second-order valence-corrected chi connectivity index (χ2v) is 5.78. The molecule has 0 aliphatic carbocycles. The van der Waals surface area contributed by atoms with E-state index in [1.54, 1.807) is 6.92 Å². The summed E-state index contributed by atoms with van der Waals surface area (Å²) >= 11 is 0. The normalized spacial score (nSPS) is 28.1. The first-order chi connectivity index (χ1) is 7.82. The minimum Gasteiger partial charge on any atom is -0.388 e. The number of amides is 1. The zero-order chi connectivity index (χ0) is 13.1. The van der Waals surface area contributed by atoms with E-state index in [9.17, 15) is 9.90 Å². The van der Waals surface area contributed by atoms with Gasteiger partial charge in [-0.2, -0.15) is 0 Å². The molecule has 0 bridgehead atoms. The molecule has 1 aliphatic heterocycles. The molecule has 2 N–H and O–H groups in total. The minimum absolute atomic E-state index is 0.000897. The summed E-state index contributed by atoms with van der Waals surface area (Å²) in [5.74, 6) is 0.347. The molecule has 0 spiro atoms. The predicted molar refractivity (Wildman–Crippen MR) is 66.6 cm³/mol. The lowest BCUT2D eigenvalue weighted by atomic mass is 9.93. The van der Waals surface area contributed by atoms with Crippen molar-refractivity contribution in [2.75, 3.05) is 13.2 Å². The Morgan fingerprint density at radius 2 is 2.24 bits per heavy atom. The third kappa shape index (κ3) is 4.64. The quantitative estimate of drug-likeness (QED) is 0.765. The zero-order valence-electron chi connectivity index (χ0n) is 11.3. The molecule has 1 heterocycles. The molecule has 1 saturated heterocycles. The minimum atomic E-state index is -0.827. The highest BCUT2D eigenvalue weighted by Crippen LogP contribution is 2.21. The summed E-state index contributed by atoms with van der Waals surface area (Å²) in [6.07, 6.45) is 1.45. The molecule has 1 fully saturated rings. The molecule has 0 saturated carbocycles. The van der Waals surface area contributed by atoms with Gasteiger partial charge in [-0.3, -0.25) is 4.79 Å². The fourth-order valence-corrected chi connectivity index (χ4v) is 2.44. The van der Waals surface area contributed by atoms with Crippen LogP contribution in [-0.4, -0.2) is 35.9 Å². The highest BCUT2D eigenvalue weighted by atomic mass is 16.5. The fourth-order valence-electron chi connectivity index (χ4n) is 2.44. The van der Waals surface area contributed by atoms with Crippen LogP contribution in [0.4, 0.5) is 0 Å². The lowest BCUT2D eigenvalue weighted by Crippen LogP contribution is -2.44. The van der Waals surface area contributed by atoms with E-state index < -0.39 is 5.60 Å². The molecule has 1 rings (SSSR count). The second kappa shape index (κ2) is 5.83. The van der Waals surface area contributed by atoms with Crippen LogP contribution in [0.3, 0.4) is 0 Å². The van der Waals surface area contributed by atoms with E-state index in [0.29, 0.717) is 25.5 Å². The Labute approximate surface area is 104 Å². The van der Waals surface area contributed by atoms with Gasteiger partial charge in [0.05, 0.1) is 17.6 Å². The van der Waals surface area contributed by atoms with Gasteiger partial charge in [0, 0.05) is 13.2 Å². The lowest BCUT2D eigenvalue weighted by molar-refractivity contribution is -0.127. The van der Waals surface area contributed by atoms with Crippen LogP contribution < -0.4 is 5.32 Å². The molecule has 0 aromatic rings. The smallest absolute Gasteiger partial charge is 0.225 e. The lowest BCUT2D eigenvalue weighted by Gasteiger charge is -2.26. The average Bonchev–Trinajstić information content (AvgIpc) is 2.59. The maximum Gasteiger partial charge on any atom is 0.225 e. The van der Waals surface area contributed by atoms with Crippen LogP contribution >= 0.6 is 0 Å². The van der Waals surface area contributed by atoms with E-state index in [1.165, 1.54) is 0 Å². The summed E-state index contributed by atoms with van der Waals surface area (Å²) < 4.78 is 5.36. The first-order valence-electron chi connectivity index (χ1n) is 6.43. The molecule has 3 atom stereocenters. The predicted octanol–water partition coefficient (Wildman–Crippen LogP) is 1.32. The summed E-state index contributed by atoms with van der Waals surface area (Å²) in [6.45, 7) is 8.77. The van der Waals surface area contributed by atoms with Crippen molar-refractivity contribution in [1.82, 2.24) is 5.32 Å². The van der Waals surface area contributed by atoms with Gasteiger partial charge in [-0.15, -0.1) is 0 Å². The van der Waals surface area contributed by atoms with Crippen LogP contribution in [0.5, 0.6) is 0 Å². The fraction of sp³-hybridized carbons (Fsp3) is 0.923. The van der Waals surface area contributed by atoms with E-state index in [0.717, 1.165) is 6.42 Å². The molecule has 4 heteroatoms. The number of carbonyl (C=O) groups excluding carboxylic acids is 1. The van der Waals surface area contributed by atoms with Gasteiger partial charge < -0.3 is 15.2 Å². The van der Waals surface area contributed by atoms with Crippen molar-refractivity contribution in [3.05, 3.63) is 0 Å².